The molecule has 0 unspecified atom stereocenters. The van der Waals surface area contributed by atoms with Crippen LogP contribution in [0.1, 0.15) is 5.56 Å². The van der Waals surface area contributed by atoms with Crippen LogP contribution in [0.15, 0.2) is 24.3 Å². The highest BCUT2D eigenvalue weighted by Gasteiger charge is 2.12. The average molecular weight is 261 g/mol. The first-order valence-electron chi connectivity index (χ1n) is 5.64. The highest BCUT2D eigenvalue weighted by molar-refractivity contribution is 5.85. The number of carbonyl (C=O) groups is 2. The molecule has 0 heterocycles. The van der Waals surface area contributed by atoms with Gasteiger partial charge in [0.1, 0.15) is 5.75 Å². The molecule has 0 saturated carbocycles. The van der Waals surface area contributed by atoms with Gasteiger partial charge in [0, 0.05) is 14.1 Å². The van der Waals surface area contributed by atoms with E-state index in [2.05, 4.69) is 5.32 Å². The Bertz CT molecular complexity index is 491. The Morgan fingerprint density at radius 3 is 2.53 bits per heavy atom. The number of nitrogens with one attached hydrogen (secondary N) is 1. The van der Waals surface area contributed by atoms with Gasteiger partial charge in [-0.05, 0) is 24.3 Å². The Morgan fingerprint density at radius 2 is 2.00 bits per heavy atom. The van der Waals surface area contributed by atoms with E-state index in [-0.39, 0.29) is 25.0 Å². The molecule has 0 bridgehead atoms. The molecule has 2 amide bonds. The van der Waals surface area contributed by atoms with Gasteiger partial charge in [-0.1, -0.05) is 0 Å². The highest BCUT2D eigenvalue weighted by Crippen LogP contribution is 2.11. The van der Waals surface area contributed by atoms with Crippen LogP contribution in [0.5, 0.6) is 5.75 Å². The van der Waals surface area contributed by atoms with Crippen molar-refractivity contribution in [3.63, 3.8) is 0 Å². The van der Waals surface area contributed by atoms with Crippen molar-refractivity contribution in [3.8, 4) is 11.8 Å². The standard InChI is InChI=1S/C13H15N3O3/c1-15-12(17)8-16(2)13(18)9-19-11-5-3-10(7-14)4-6-11/h3-6H,8-9H2,1-2H3,(H,15,17). The third-order valence-electron chi connectivity index (χ3n) is 2.43. The van der Waals surface area contributed by atoms with Crippen LogP contribution in [0.4, 0.5) is 0 Å². The topological polar surface area (TPSA) is 82.4 Å². The van der Waals surface area contributed by atoms with Crippen molar-refractivity contribution in [2.75, 3.05) is 27.2 Å². The van der Waals surface area contributed by atoms with Gasteiger partial charge < -0.3 is 15.0 Å². The smallest absolute Gasteiger partial charge is 0.260 e. The molecule has 0 aliphatic carbocycles. The van der Waals surface area contributed by atoms with Crippen molar-refractivity contribution >= 4 is 11.8 Å². The summed E-state index contributed by atoms with van der Waals surface area (Å²) < 4.78 is 5.27. The van der Waals surface area contributed by atoms with E-state index in [0.29, 0.717) is 11.3 Å². The van der Waals surface area contributed by atoms with Crippen LogP contribution >= 0.6 is 0 Å². The summed E-state index contributed by atoms with van der Waals surface area (Å²) >= 11 is 0. The van der Waals surface area contributed by atoms with Crippen molar-refractivity contribution in [1.82, 2.24) is 10.2 Å². The van der Waals surface area contributed by atoms with Gasteiger partial charge in [0.05, 0.1) is 18.2 Å². The molecular weight excluding hydrogens is 246 g/mol. The number of nitriles is 1. The normalized spacial score (nSPS) is 9.32. The molecule has 19 heavy (non-hydrogen) atoms. The molecule has 0 aromatic heterocycles. The van der Waals surface area contributed by atoms with E-state index in [1.54, 1.807) is 24.3 Å². The zero-order chi connectivity index (χ0) is 14.3. The van der Waals surface area contributed by atoms with Crippen LogP contribution in [-0.4, -0.2) is 44.0 Å². The molecular formula is C13H15N3O3. The summed E-state index contributed by atoms with van der Waals surface area (Å²) in [4.78, 5) is 24.0. The predicted octanol–water partition coefficient (Wildman–Crippen LogP) is 0.141. The van der Waals surface area contributed by atoms with Crippen molar-refractivity contribution in [2.45, 2.75) is 0 Å². The number of rotatable bonds is 5. The number of likely N-dealkylation sites (N-methyl/N-ethyl adjacent to an activating group) is 2. The molecule has 6 nitrogen and oxygen atoms in total. The Labute approximate surface area is 111 Å². The Hall–Kier alpha value is -2.55. The van der Waals surface area contributed by atoms with Crippen LogP contribution in [0, 0.1) is 11.3 Å². The second-order valence-corrected chi connectivity index (χ2v) is 3.85. The monoisotopic (exact) mass is 261 g/mol. The fraction of sp³-hybridized carbons (Fsp3) is 0.308. The number of benzene rings is 1. The van der Waals surface area contributed by atoms with Crippen LogP contribution < -0.4 is 10.1 Å². The van der Waals surface area contributed by atoms with Gasteiger partial charge in [0.25, 0.3) is 5.91 Å². The Kier molecular flexibility index (Phi) is 5.35. The third kappa shape index (κ3) is 4.68. The van der Waals surface area contributed by atoms with Crippen LogP contribution in [0.2, 0.25) is 0 Å². The summed E-state index contributed by atoms with van der Waals surface area (Å²) in [6.45, 7) is -0.161. The maximum Gasteiger partial charge on any atom is 0.260 e. The fourth-order valence-corrected chi connectivity index (χ4v) is 1.26. The van der Waals surface area contributed by atoms with E-state index in [1.807, 2.05) is 6.07 Å². The minimum absolute atomic E-state index is 0.00787. The van der Waals surface area contributed by atoms with Gasteiger partial charge in [0.2, 0.25) is 5.91 Å². The Morgan fingerprint density at radius 1 is 1.37 bits per heavy atom. The van der Waals surface area contributed by atoms with Crippen molar-refractivity contribution in [3.05, 3.63) is 29.8 Å². The molecule has 1 rings (SSSR count). The second kappa shape index (κ2) is 7.01. The lowest BCUT2D eigenvalue weighted by Gasteiger charge is -2.16. The summed E-state index contributed by atoms with van der Waals surface area (Å²) in [7, 11) is 3.04. The number of amides is 2. The van der Waals surface area contributed by atoms with Gasteiger partial charge in [0.15, 0.2) is 6.61 Å². The Balaban J connectivity index is 2.45. The molecule has 0 aliphatic heterocycles. The summed E-state index contributed by atoms with van der Waals surface area (Å²) in [6, 6.07) is 8.43. The summed E-state index contributed by atoms with van der Waals surface area (Å²) in [5, 5.41) is 11.1. The largest absolute Gasteiger partial charge is 0.484 e. The SMILES string of the molecule is CNC(=O)CN(C)C(=O)COc1ccc(C#N)cc1. The average Bonchev–Trinajstić information content (AvgIpc) is 2.44. The molecule has 1 aromatic rings. The number of hydrogen-bond acceptors (Lipinski definition) is 4. The fourth-order valence-electron chi connectivity index (χ4n) is 1.26. The molecule has 0 fully saturated rings. The quantitative estimate of drug-likeness (QED) is 0.817. The van der Waals surface area contributed by atoms with Crippen molar-refractivity contribution < 1.29 is 14.3 Å². The number of carbonyl (C=O) groups excluding carboxylic acids is 2. The first-order valence-corrected chi connectivity index (χ1v) is 5.64. The van der Waals surface area contributed by atoms with Gasteiger partial charge in [-0.2, -0.15) is 5.26 Å². The van der Waals surface area contributed by atoms with Crippen LogP contribution in [0.25, 0.3) is 0 Å². The van der Waals surface area contributed by atoms with Gasteiger partial charge in [-0.3, -0.25) is 9.59 Å². The summed E-state index contributed by atoms with van der Waals surface area (Å²) in [5.41, 5.74) is 0.524. The molecule has 0 atom stereocenters. The molecule has 100 valence electrons. The maximum absolute atomic E-state index is 11.7. The molecule has 0 saturated heterocycles. The van der Waals surface area contributed by atoms with Crippen LogP contribution in [-0.2, 0) is 9.59 Å². The predicted molar refractivity (Wildman–Crippen MR) is 68.4 cm³/mol. The van der Waals surface area contributed by atoms with Crippen LogP contribution in [0.3, 0.4) is 0 Å². The molecule has 6 heteroatoms. The molecule has 1 N–H and O–H groups in total. The van der Waals surface area contributed by atoms with Crippen molar-refractivity contribution in [2.24, 2.45) is 0 Å². The maximum atomic E-state index is 11.7. The summed E-state index contributed by atoms with van der Waals surface area (Å²) in [6.07, 6.45) is 0. The van der Waals surface area contributed by atoms with E-state index >= 15 is 0 Å². The third-order valence-corrected chi connectivity index (χ3v) is 2.43. The van der Waals surface area contributed by atoms with E-state index in [0.717, 1.165) is 0 Å². The minimum Gasteiger partial charge on any atom is -0.484 e. The lowest BCUT2D eigenvalue weighted by Crippen LogP contribution is -2.39. The van der Waals surface area contributed by atoms with E-state index in [9.17, 15) is 9.59 Å². The summed E-state index contributed by atoms with van der Waals surface area (Å²) in [5.74, 6) is -0.0390. The van der Waals surface area contributed by atoms with Crippen molar-refractivity contribution in [1.29, 1.82) is 5.26 Å². The van der Waals surface area contributed by atoms with Gasteiger partial charge >= 0.3 is 0 Å². The zero-order valence-electron chi connectivity index (χ0n) is 10.8. The first kappa shape index (κ1) is 14.5. The molecule has 0 aliphatic rings. The highest BCUT2D eigenvalue weighted by atomic mass is 16.5. The van der Waals surface area contributed by atoms with Gasteiger partial charge in [-0.15, -0.1) is 0 Å². The van der Waals surface area contributed by atoms with E-state index in [1.165, 1.54) is 19.0 Å². The first-order chi connectivity index (χ1) is 9.06. The minimum atomic E-state index is -0.298. The van der Waals surface area contributed by atoms with E-state index in [4.69, 9.17) is 10.00 Å². The van der Waals surface area contributed by atoms with Gasteiger partial charge in [-0.25, -0.2) is 0 Å². The molecule has 0 spiro atoms. The lowest BCUT2D eigenvalue weighted by molar-refractivity contribution is -0.136. The number of hydrogen-bond donors (Lipinski definition) is 1. The number of ether oxygens (including phenoxy) is 1. The number of nitrogens with zero attached hydrogens (tertiary/aromatic N) is 2. The second-order valence-electron chi connectivity index (χ2n) is 3.85. The molecule has 0 radical (unpaired) electrons. The van der Waals surface area contributed by atoms with E-state index < -0.39 is 0 Å². The lowest BCUT2D eigenvalue weighted by atomic mass is 10.2. The zero-order valence-corrected chi connectivity index (χ0v) is 10.8. The molecule has 1 aromatic carbocycles.